The average Bonchev–Trinajstić information content (AvgIpc) is 2.73. The maximum Gasteiger partial charge on any atom is 0.231 e. The second-order valence-electron chi connectivity index (χ2n) is 3.40. The fraction of sp³-hybridized carbons (Fsp3) is 0.400. The molecular weight excluding hydrogens is 198 g/mol. The maximum atomic E-state index is 9.74. The Morgan fingerprint density at radius 3 is 2.80 bits per heavy atom. The molecule has 82 valence electrons. The van der Waals surface area contributed by atoms with Gasteiger partial charge in [0.05, 0.1) is 18.8 Å². The fourth-order valence-electron chi connectivity index (χ4n) is 1.44. The SMILES string of the molecule is N[C@H](CO)[C@H](O)c1ccc2c(c1)OCO2. The van der Waals surface area contributed by atoms with Crippen molar-refractivity contribution in [2.75, 3.05) is 13.4 Å². The van der Waals surface area contributed by atoms with Crippen LogP contribution >= 0.6 is 0 Å². The molecule has 2 atom stereocenters. The molecule has 1 aliphatic heterocycles. The van der Waals surface area contributed by atoms with Gasteiger partial charge in [-0.3, -0.25) is 0 Å². The lowest BCUT2D eigenvalue weighted by molar-refractivity contribution is 0.109. The van der Waals surface area contributed by atoms with E-state index in [1.807, 2.05) is 0 Å². The first-order valence-electron chi connectivity index (χ1n) is 4.66. The van der Waals surface area contributed by atoms with Crippen LogP contribution in [0.4, 0.5) is 0 Å². The molecule has 5 heteroatoms. The fourth-order valence-corrected chi connectivity index (χ4v) is 1.44. The highest BCUT2D eigenvalue weighted by Gasteiger charge is 2.20. The van der Waals surface area contributed by atoms with Crippen molar-refractivity contribution in [2.24, 2.45) is 5.73 Å². The topological polar surface area (TPSA) is 84.9 Å². The van der Waals surface area contributed by atoms with Crippen LogP contribution in [0.25, 0.3) is 0 Å². The van der Waals surface area contributed by atoms with Crippen LogP contribution in [0.5, 0.6) is 11.5 Å². The van der Waals surface area contributed by atoms with Crippen molar-refractivity contribution in [2.45, 2.75) is 12.1 Å². The van der Waals surface area contributed by atoms with Crippen molar-refractivity contribution in [3.8, 4) is 11.5 Å². The summed E-state index contributed by atoms with van der Waals surface area (Å²) in [5, 5.41) is 18.6. The van der Waals surface area contributed by atoms with E-state index in [-0.39, 0.29) is 13.4 Å². The summed E-state index contributed by atoms with van der Waals surface area (Å²) in [6, 6.07) is 4.40. The van der Waals surface area contributed by atoms with Gasteiger partial charge in [-0.1, -0.05) is 6.07 Å². The van der Waals surface area contributed by atoms with Gasteiger partial charge in [0.15, 0.2) is 11.5 Å². The van der Waals surface area contributed by atoms with Gasteiger partial charge in [0.2, 0.25) is 6.79 Å². The Hall–Kier alpha value is -1.30. The van der Waals surface area contributed by atoms with E-state index in [2.05, 4.69) is 0 Å². The Kier molecular flexibility index (Phi) is 2.77. The van der Waals surface area contributed by atoms with Crippen LogP contribution < -0.4 is 15.2 Å². The van der Waals surface area contributed by atoms with Gasteiger partial charge >= 0.3 is 0 Å². The molecule has 2 rings (SSSR count). The molecule has 15 heavy (non-hydrogen) atoms. The van der Waals surface area contributed by atoms with Crippen molar-refractivity contribution >= 4 is 0 Å². The van der Waals surface area contributed by atoms with Gasteiger partial charge in [-0.05, 0) is 17.7 Å². The summed E-state index contributed by atoms with van der Waals surface area (Å²) in [6.07, 6.45) is -0.899. The van der Waals surface area contributed by atoms with Crippen LogP contribution in [0.15, 0.2) is 18.2 Å². The highest BCUT2D eigenvalue weighted by molar-refractivity contribution is 5.45. The van der Waals surface area contributed by atoms with E-state index in [1.165, 1.54) is 0 Å². The molecule has 4 N–H and O–H groups in total. The summed E-state index contributed by atoms with van der Waals surface area (Å²) < 4.78 is 10.3. The van der Waals surface area contributed by atoms with Crippen LogP contribution in [-0.2, 0) is 0 Å². The molecule has 0 aromatic heterocycles. The number of hydrogen-bond donors (Lipinski definition) is 3. The van der Waals surface area contributed by atoms with Crippen molar-refractivity contribution in [1.29, 1.82) is 0 Å². The Morgan fingerprint density at radius 1 is 1.33 bits per heavy atom. The first-order valence-corrected chi connectivity index (χ1v) is 4.66. The Morgan fingerprint density at radius 2 is 2.07 bits per heavy atom. The van der Waals surface area contributed by atoms with Crippen LogP contribution in [0.3, 0.4) is 0 Å². The minimum absolute atomic E-state index is 0.195. The molecule has 5 nitrogen and oxygen atoms in total. The van der Waals surface area contributed by atoms with E-state index >= 15 is 0 Å². The van der Waals surface area contributed by atoms with E-state index in [0.717, 1.165) is 0 Å². The van der Waals surface area contributed by atoms with Crippen LogP contribution in [0.2, 0.25) is 0 Å². The standard InChI is InChI=1S/C10H13NO4/c11-7(4-12)10(13)6-1-2-8-9(3-6)15-5-14-8/h1-3,7,10,12-13H,4-5,11H2/t7-,10-/m1/s1. The van der Waals surface area contributed by atoms with E-state index < -0.39 is 12.1 Å². The zero-order valence-electron chi connectivity index (χ0n) is 8.09. The Bertz CT molecular complexity index is 355. The minimum Gasteiger partial charge on any atom is -0.454 e. The molecule has 1 aliphatic rings. The number of hydrogen-bond acceptors (Lipinski definition) is 5. The lowest BCUT2D eigenvalue weighted by atomic mass is 10.0. The zero-order chi connectivity index (χ0) is 10.8. The van der Waals surface area contributed by atoms with Gasteiger partial charge in [-0.15, -0.1) is 0 Å². The second kappa shape index (κ2) is 4.06. The van der Waals surface area contributed by atoms with Crippen LogP contribution in [-0.4, -0.2) is 29.7 Å². The van der Waals surface area contributed by atoms with Gasteiger partial charge in [0.25, 0.3) is 0 Å². The minimum atomic E-state index is -0.899. The van der Waals surface area contributed by atoms with Gasteiger partial charge in [-0.2, -0.15) is 0 Å². The number of aliphatic hydroxyl groups is 2. The van der Waals surface area contributed by atoms with E-state index in [0.29, 0.717) is 17.1 Å². The molecule has 0 saturated heterocycles. The monoisotopic (exact) mass is 211 g/mol. The third-order valence-electron chi connectivity index (χ3n) is 2.35. The van der Waals surface area contributed by atoms with Crippen molar-refractivity contribution in [3.63, 3.8) is 0 Å². The summed E-state index contributed by atoms with van der Waals surface area (Å²) in [7, 11) is 0. The highest BCUT2D eigenvalue weighted by atomic mass is 16.7. The summed E-state index contributed by atoms with van der Waals surface area (Å²) >= 11 is 0. The molecule has 0 saturated carbocycles. The summed E-state index contributed by atoms with van der Waals surface area (Å²) in [6.45, 7) is -0.0729. The van der Waals surface area contributed by atoms with Crippen molar-refractivity contribution in [1.82, 2.24) is 0 Å². The van der Waals surface area contributed by atoms with E-state index in [9.17, 15) is 5.11 Å². The van der Waals surface area contributed by atoms with Crippen LogP contribution in [0, 0.1) is 0 Å². The molecule has 0 unspecified atom stereocenters. The summed E-state index contributed by atoms with van der Waals surface area (Å²) in [5.74, 6) is 1.25. The number of nitrogens with two attached hydrogens (primary N) is 1. The summed E-state index contributed by atoms with van der Waals surface area (Å²) in [5.41, 5.74) is 6.13. The number of benzene rings is 1. The molecule has 1 heterocycles. The van der Waals surface area contributed by atoms with Gasteiger partial charge in [-0.25, -0.2) is 0 Å². The first-order chi connectivity index (χ1) is 7.22. The number of ether oxygens (including phenoxy) is 2. The molecule has 0 aliphatic carbocycles. The predicted molar refractivity (Wildman–Crippen MR) is 52.6 cm³/mol. The summed E-state index contributed by atoms with van der Waals surface area (Å²) in [4.78, 5) is 0. The van der Waals surface area contributed by atoms with Gasteiger partial charge in [0, 0.05) is 0 Å². The molecule has 0 spiro atoms. The second-order valence-corrected chi connectivity index (χ2v) is 3.40. The van der Waals surface area contributed by atoms with Gasteiger partial charge < -0.3 is 25.4 Å². The normalized spacial score (nSPS) is 17.5. The molecule has 0 amide bonds. The third kappa shape index (κ3) is 1.90. The highest BCUT2D eigenvalue weighted by Crippen LogP contribution is 2.34. The largest absolute Gasteiger partial charge is 0.454 e. The molecule has 1 aromatic carbocycles. The molecule has 1 aromatic rings. The van der Waals surface area contributed by atoms with Crippen LogP contribution in [0.1, 0.15) is 11.7 Å². The average molecular weight is 211 g/mol. The van der Waals surface area contributed by atoms with E-state index in [1.54, 1.807) is 18.2 Å². The first kappa shape index (κ1) is 10.2. The zero-order valence-corrected chi connectivity index (χ0v) is 8.09. The molecule has 0 fully saturated rings. The lowest BCUT2D eigenvalue weighted by Gasteiger charge is -2.16. The number of fused-ring (bicyclic) bond motifs is 1. The molecular formula is C10H13NO4. The predicted octanol–water partition coefficient (Wildman–Crippen LogP) is -0.232. The van der Waals surface area contributed by atoms with Gasteiger partial charge in [0.1, 0.15) is 0 Å². The Labute approximate surface area is 87.0 Å². The van der Waals surface area contributed by atoms with Crippen molar-refractivity contribution in [3.05, 3.63) is 23.8 Å². The van der Waals surface area contributed by atoms with E-state index in [4.69, 9.17) is 20.3 Å². The lowest BCUT2D eigenvalue weighted by Crippen LogP contribution is -2.31. The third-order valence-corrected chi connectivity index (χ3v) is 2.35. The molecule has 0 bridgehead atoms. The quantitative estimate of drug-likeness (QED) is 0.643. The Balaban J connectivity index is 2.22. The molecule has 0 radical (unpaired) electrons. The smallest absolute Gasteiger partial charge is 0.231 e. The number of rotatable bonds is 3. The van der Waals surface area contributed by atoms with Crippen molar-refractivity contribution < 1.29 is 19.7 Å². The maximum absolute atomic E-state index is 9.74. The number of aliphatic hydroxyl groups excluding tert-OH is 2.